The number of hydrogen-bond acceptors (Lipinski definition) is 6. The summed E-state index contributed by atoms with van der Waals surface area (Å²) in [5, 5.41) is 9.95. The molecule has 122 valence electrons. The monoisotopic (exact) mass is 316 g/mol. The van der Waals surface area contributed by atoms with Crippen LogP contribution < -0.4 is 10.6 Å². The lowest BCUT2D eigenvalue weighted by atomic mass is 10.1. The van der Waals surface area contributed by atoms with Crippen LogP contribution in [-0.4, -0.2) is 41.8 Å². The summed E-state index contributed by atoms with van der Waals surface area (Å²) in [5.41, 5.74) is 1.10. The fourth-order valence-electron chi connectivity index (χ4n) is 2.40. The minimum Gasteiger partial charge on any atom is -0.378 e. The van der Waals surface area contributed by atoms with Crippen molar-refractivity contribution in [3.8, 4) is 0 Å². The molecule has 2 unspecified atom stereocenters. The Morgan fingerprint density at radius 3 is 3.00 bits per heavy atom. The van der Waals surface area contributed by atoms with Crippen LogP contribution in [0.2, 0.25) is 0 Å². The molecule has 0 aliphatic carbocycles. The molecule has 7 nitrogen and oxygen atoms in total. The van der Waals surface area contributed by atoms with E-state index >= 15 is 0 Å². The third-order valence-corrected chi connectivity index (χ3v) is 3.67. The molecule has 23 heavy (non-hydrogen) atoms. The van der Waals surface area contributed by atoms with Gasteiger partial charge >= 0.3 is 0 Å². The molecule has 1 aliphatic rings. The fourth-order valence-corrected chi connectivity index (χ4v) is 2.40. The molecule has 1 saturated heterocycles. The SMILES string of the molecule is CC(NC(=O)C1COCCN1)c1noc(Cc2ccccc2)n1. The van der Waals surface area contributed by atoms with Crippen LogP contribution in [0.4, 0.5) is 0 Å². The molecule has 1 aromatic heterocycles. The zero-order chi connectivity index (χ0) is 16.1. The second kappa shape index (κ2) is 7.34. The summed E-state index contributed by atoms with van der Waals surface area (Å²) in [6, 6.07) is 9.25. The molecule has 2 aromatic rings. The average Bonchev–Trinajstić information content (AvgIpc) is 3.05. The van der Waals surface area contributed by atoms with Gasteiger partial charge in [-0.1, -0.05) is 35.5 Å². The van der Waals surface area contributed by atoms with Crippen LogP contribution in [-0.2, 0) is 16.0 Å². The maximum absolute atomic E-state index is 12.1. The second-order valence-corrected chi connectivity index (χ2v) is 5.52. The van der Waals surface area contributed by atoms with Crippen LogP contribution in [0.25, 0.3) is 0 Å². The molecule has 1 aromatic carbocycles. The Bertz CT molecular complexity index is 638. The number of hydrogen-bond donors (Lipinski definition) is 2. The van der Waals surface area contributed by atoms with Gasteiger partial charge in [-0.25, -0.2) is 0 Å². The van der Waals surface area contributed by atoms with E-state index < -0.39 is 0 Å². The van der Waals surface area contributed by atoms with Crippen molar-refractivity contribution in [1.82, 2.24) is 20.8 Å². The summed E-state index contributed by atoms with van der Waals surface area (Å²) < 4.78 is 10.6. The Labute approximate surface area is 134 Å². The lowest BCUT2D eigenvalue weighted by Crippen LogP contribution is -2.51. The van der Waals surface area contributed by atoms with Crippen molar-refractivity contribution in [2.75, 3.05) is 19.8 Å². The van der Waals surface area contributed by atoms with Gasteiger partial charge in [0, 0.05) is 6.54 Å². The molecule has 2 heterocycles. The Morgan fingerprint density at radius 1 is 1.43 bits per heavy atom. The first kappa shape index (κ1) is 15.6. The van der Waals surface area contributed by atoms with E-state index in [1.165, 1.54) is 0 Å². The predicted molar refractivity (Wildman–Crippen MR) is 82.7 cm³/mol. The van der Waals surface area contributed by atoms with Gasteiger partial charge in [0.05, 0.1) is 25.7 Å². The highest BCUT2D eigenvalue weighted by Gasteiger charge is 2.24. The molecule has 1 amide bonds. The average molecular weight is 316 g/mol. The van der Waals surface area contributed by atoms with Crippen molar-refractivity contribution >= 4 is 5.91 Å². The highest BCUT2D eigenvalue weighted by molar-refractivity contribution is 5.82. The van der Waals surface area contributed by atoms with Crippen molar-refractivity contribution in [3.05, 3.63) is 47.6 Å². The molecule has 0 spiro atoms. The van der Waals surface area contributed by atoms with E-state index in [4.69, 9.17) is 9.26 Å². The van der Waals surface area contributed by atoms with E-state index in [9.17, 15) is 4.79 Å². The number of carbonyl (C=O) groups is 1. The molecule has 0 radical (unpaired) electrons. The third-order valence-electron chi connectivity index (χ3n) is 3.67. The number of carbonyl (C=O) groups excluding carboxylic acids is 1. The number of morpholine rings is 1. The molecule has 0 saturated carbocycles. The Morgan fingerprint density at radius 2 is 2.26 bits per heavy atom. The van der Waals surface area contributed by atoms with Gasteiger partial charge in [-0.3, -0.25) is 4.79 Å². The van der Waals surface area contributed by atoms with Gasteiger partial charge in [-0.05, 0) is 12.5 Å². The standard InChI is InChI=1S/C16H20N4O3/c1-11(18-16(21)13-10-22-8-7-17-13)15-19-14(23-20-15)9-12-5-3-2-4-6-12/h2-6,11,13,17H,7-10H2,1H3,(H,18,21). The molecular formula is C16H20N4O3. The van der Waals surface area contributed by atoms with E-state index in [1.54, 1.807) is 0 Å². The molecular weight excluding hydrogens is 296 g/mol. The topological polar surface area (TPSA) is 89.3 Å². The third kappa shape index (κ3) is 4.14. The van der Waals surface area contributed by atoms with Gasteiger partial charge in [0.15, 0.2) is 5.82 Å². The Hall–Kier alpha value is -2.25. The van der Waals surface area contributed by atoms with Crippen molar-refractivity contribution < 1.29 is 14.1 Å². The maximum Gasteiger partial charge on any atom is 0.240 e. The van der Waals surface area contributed by atoms with Crippen LogP contribution in [0.15, 0.2) is 34.9 Å². The number of aromatic nitrogens is 2. The number of amides is 1. The normalized spacial score (nSPS) is 19.3. The first-order valence-corrected chi connectivity index (χ1v) is 7.70. The van der Waals surface area contributed by atoms with E-state index in [1.807, 2.05) is 37.3 Å². The fraction of sp³-hybridized carbons (Fsp3) is 0.438. The highest BCUT2D eigenvalue weighted by atomic mass is 16.5. The van der Waals surface area contributed by atoms with Crippen molar-refractivity contribution in [2.45, 2.75) is 25.4 Å². The number of rotatable bonds is 5. The molecule has 3 rings (SSSR count). The smallest absolute Gasteiger partial charge is 0.240 e. The summed E-state index contributed by atoms with van der Waals surface area (Å²) in [7, 11) is 0. The first-order valence-electron chi connectivity index (χ1n) is 7.70. The summed E-state index contributed by atoms with van der Waals surface area (Å²) in [6.45, 7) is 3.52. The summed E-state index contributed by atoms with van der Waals surface area (Å²) in [4.78, 5) is 16.5. The number of ether oxygens (including phenoxy) is 1. The van der Waals surface area contributed by atoms with Gasteiger partial charge in [-0.15, -0.1) is 0 Å². The van der Waals surface area contributed by atoms with E-state index in [-0.39, 0.29) is 18.0 Å². The summed E-state index contributed by atoms with van der Waals surface area (Å²) in [6.07, 6.45) is 0.576. The first-order chi connectivity index (χ1) is 11.2. The largest absolute Gasteiger partial charge is 0.378 e. The quantitative estimate of drug-likeness (QED) is 0.849. The Kier molecular flexibility index (Phi) is 4.99. The van der Waals surface area contributed by atoms with Crippen molar-refractivity contribution in [3.63, 3.8) is 0 Å². The molecule has 1 aliphatic heterocycles. The van der Waals surface area contributed by atoms with Gasteiger partial charge in [0.1, 0.15) is 6.04 Å². The van der Waals surface area contributed by atoms with E-state index in [2.05, 4.69) is 20.8 Å². The van der Waals surface area contributed by atoms with Gasteiger partial charge in [0.2, 0.25) is 11.8 Å². The Balaban J connectivity index is 1.57. The van der Waals surface area contributed by atoms with Crippen molar-refractivity contribution in [1.29, 1.82) is 0 Å². The number of benzene rings is 1. The van der Waals surface area contributed by atoms with Crippen molar-refractivity contribution in [2.24, 2.45) is 0 Å². The van der Waals surface area contributed by atoms with Gasteiger partial charge < -0.3 is 19.9 Å². The number of nitrogens with one attached hydrogen (secondary N) is 2. The minimum atomic E-state index is -0.332. The molecule has 2 N–H and O–H groups in total. The molecule has 0 bridgehead atoms. The van der Waals surface area contributed by atoms with E-state index in [0.29, 0.717) is 37.9 Å². The zero-order valence-corrected chi connectivity index (χ0v) is 13.0. The van der Waals surface area contributed by atoms with Gasteiger partial charge in [-0.2, -0.15) is 4.98 Å². The lowest BCUT2D eigenvalue weighted by molar-refractivity contribution is -0.126. The molecule has 1 fully saturated rings. The molecule has 7 heteroatoms. The van der Waals surface area contributed by atoms with Crippen LogP contribution in [0, 0.1) is 0 Å². The zero-order valence-electron chi connectivity index (χ0n) is 13.0. The van der Waals surface area contributed by atoms with Crippen LogP contribution in [0.5, 0.6) is 0 Å². The van der Waals surface area contributed by atoms with Crippen LogP contribution >= 0.6 is 0 Å². The van der Waals surface area contributed by atoms with Crippen LogP contribution in [0.1, 0.15) is 30.2 Å². The maximum atomic E-state index is 12.1. The second-order valence-electron chi connectivity index (χ2n) is 5.52. The summed E-state index contributed by atoms with van der Waals surface area (Å²) in [5.74, 6) is 0.888. The van der Waals surface area contributed by atoms with Crippen LogP contribution in [0.3, 0.4) is 0 Å². The van der Waals surface area contributed by atoms with E-state index in [0.717, 1.165) is 5.56 Å². The highest BCUT2D eigenvalue weighted by Crippen LogP contribution is 2.12. The molecule has 2 atom stereocenters. The summed E-state index contributed by atoms with van der Waals surface area (Å²) >= 11 is 0. The predicted octanol–water partition coefficient (Wildman–Crippen LogP) is 0.826. The lowest BCUT2D eigenvalue weighted by Gasteiger charge is -2.23. The number of nitrogens with zero attached hydrogens (tertiary/aromatic N) is 2. The minimum absolute atomic E-state index is 0.119. The van der Waals surface area contributed by atoms with Gasteiger partial charge in [0.25, 0.3) is 0 Å².